The molecule has 0 bridgehead atoms. The average Bonchev–Trinajstić information content (AvgIpc) is 2.94. The third-order valence-electron chi connectivity index (χ3n) is 2.48. The van der Waals surface area contributed by atoms with Gasteiger partial charge >= 0.3 is 5.97 Å². The molecule has 0 spiro atoms. The van der Waals surface area contributed by atoms with E-state index in [0.29, 0.717) is 5.56 Å². The third kappa shape index (κ3) is 3.03. The van der Waals surface area contributed by atoms with E-state index >= 15 is 0 Å². The molecule has 0 aliphatic rings. The molecule has 2 rings (SSSR count). The Morgan fingerprint density at radius 3 is 2.84 bits per heavy atom. The molecule has 0 radical (unpaired) electrons. The van der Waals surface area contributed by atoms with E-state index in [4.69, 9.17) is 4.74 Å². The van der Waals surface area contributed by atoms with Crippen LogP contribution in [0.4, 0.5) is 0 Å². The second-order valence-corrected chi connectivity index (χ2v) is 4.48. The number of esters is 1. The fourth-order valence-electron chi connectivity index (χ4n) is 1.63. The van der Waals surface area contributed by atoms with Crippen molar-refractivity contribution in [2.75, 3.05) is 6.61 Å². The van der Waals surface area contributed by atoms with Gasteiger partial charge in [0.25, 0.3) is 0 Å². The number of carbonyl (C=O) groups excluding carboxylic acids is 2. The minimum absolute atomic E-state index is 0.159. The van der Waals surface area contributed by atoms with Crippen LogP contribution in [0, 0.1) is 0 Å². The molecule has 98 valence electrons. The van der Waals surface area contributed by atoms with Crippen LogP contribution < -0.4 is 0 Å². The Kier molecular flexibility index (Phi) is 4.35. The van der Waals surface area contributed by atoms with Crippen molar-refractivity contribution in [3.8, 4) is 0 Å². The lowest BCUT2D eigenvalue weighted by molar-refractivity contribution is -0.143. The quantitative estimate of drug-likeness (QED) is 0.475. The fraction of sp³-hybridized carbons (Fsp3) is 0.231. The van der Waals surface area contributed by atoms with Crippen molar-refractivity contribution in [2.24, 2.45) is 0 Å². The number of ketones is 1. The molecule has 0 aliphatic heterocycles. The van der Waals surface area contributed by atoms with Crippen LogP contribution in [0.15, 0.2) is 35.4 Å². The summed E-state index contributed by atoms with van der Waals surface area (Å²) >= 11 is 1.42. The van der Waals surface area contributed by atoms with Crippen molar-refractivity contribution in [1.29, 1.82) is 0 Å². The van der Waals surface area contributed by atoms with E-state index in [0.717, 1.165) is 0 Å². The monoisotopic (exact) mass is 276 g/mol. The van der Waals surface area contributed by atoms with Gasteiger partial charge in [-0.1, -0.05) is 0 Å². The molecular weight excluding hydrogens is 264 g/mol. The van der Waals surface area contributed by atoms with E-state index < -0.39 is 17.7 Å². The van der Waals surface area contributed by atoms with Crippen molar-refractivity contribution in [3.05, 3.63) is 46.7 Å². The Morgan fingerprint density at radius 2 is 2.26 bits per heavy atom. The maximum atomic E-state index is 12.4. The molecule has 0 aromatic carbocycles. The van der Waals surface area contributed by atoms with Gasteiger partial charge < -0.3 is 4.74 Å². The molecule has 0 saturated heterocycles. The molecule has 6 heteroatoms. The molecule has 1 atom stereocenters. The van der Waals surface area contributed by atoms with Crippen molar-refractivity contribution < 1.29 is 14.3 Å². The van der Waals surface area contributed by atoms with Gasteiger partial charge in [0.2, 0.25) is 5.78 Å². The second-order valence-electron chi connectivity index (χ2n) is 3.70. The molecule has 0 fully saturated rings. The van der Waals surface area contributed by atoms with Crippen LogP contribution in [0.25, 0.3) is 0 Å². The average molecular weight is 276 g/mol. The highest BCUT2D eigenvalue weighted by Crippen LogP contribution is 2.23. The van der Waals surface area contributed by atoms with Crippen LogP contribution in [0.3, 0.4) is 0 Å². The minimum atomic E-state index is -0.970. The van der Waals surface area contributed by atoms with Crippen LogP contribution >= 0.6 is 11.3 Å². The van der Waals surface area contributed by atoms with E-state index in [1.165, 1.54) is 29.9 Å². The van der Waals surface area contributed by atoms with Crippen molar-refractivity contribution in [3.63, 3.8) is 0 Å². The molecule has 0 N–H and O–H groups in total. The molecule has 19 heavy (non-hydrogen) atoms. The molecule has 5 nitrogen and oxygen atoms in total. The molecule has 0 aliphatic carbocycles. The van der Waals surface area contributed by atoms with Gasteiger partial charge in [0.05, 0.1) is 12.8 Å². The summed E-state index contributed by atoms with van der Waals surface area (Å²) in [4.78, 5) is 32.1. The minimum Gasteiger partial charge on any atom is -0.465 e. The van der Waals surface area contributed by atoms with Gasteiger partial charge in [-0.05, 0) is 29.3 Å². The summed E-state index contributed by atoms with van der Waals surface area (Å²) < 4.78 is 4.97. The first-order valence-electron chi connectivity index (χ1n) is 5.73. The number of hydrogen-bond donors (Lipinski definition) is 0. The molecule has 2 heterocycles. The normalized spacial score (nSPS) is 11.8. The number of ether oxygens (including phenoxy) is 1. The standard InChI is InChI=1S/C13H12N2O3S/c1-2-18-13(17)11(9-3-6-19-8-9)12(16)10-7-14-4-5-15-10/h3-8,11H,2H2,1H3. The van der Waals surface area contributed by atoms with Crippen molar-refractivity contribution >= 4 is 23.1 Å². The van der Waals surface area contributed by atoms with Gasteiger partial charge in [0, 0.05) is 12.4 Å². The lowest BCUT2D eigenvalue weighted by Gasteiger charge is -2.12. The largest absolute Gasteiger partial charge is 0.465 e. The smallest absolute Gasteiger partial charge is 0.321 e. The molecular formula is C13H12N2O3S. The van der Waals surface area contributed by atoms with E-state index in [9.17, 15) is 9.59 Å². The molecule has 1 unspecified atom stereocenters. The molecule has 0 amide bonds. The maximum Gasteiger partial charge on any atom is 0.321 e. The van der Waals surface area contributed by atoms with Gasteiger partial charge in [-0.2, -0.15) is 11.3 Å². The first-order chi connectivity index (χ1) is 9.24. The van der Waals surface area contributed by atoms with Crippen LogP contribution in [0.1, 0.15) is 28.9 Å². The number of hydrogen-bond acceptors (Lipinski definition) is 6. The van der Waals surface area contributed by atoms with Crippen molar-refractivity contribution in [2.45, 2.75) is 12.8 Å². The van der Waals surface area contributed by atoms with E-state index in [1.54, 1.807) is 18.4 Å². The van der Waals surface area contributed by atoms with Gasteiger partial charge in [-0.3, -0.25) is 14.6 Å². The molecule has 0 saturated carbocycles. The lowest BCUT2D eigenvalue weighted by atomic mass is 9.95. The summed E-state index contributed by atoms with van der Waals surface area (Å²) in [5.41, 5.74) is 0.783. The number of nitrogens with zero attached hydrogens (tertiary/aromatic N) is 2. The van der Waals surface area contributed by atoms with E-state index in [-0.39, 0.29) is 12.3 Å². The number of Topliss-reactive ketones (excluding diaryl/α,β-unsaturated/α-hetero) is 1. The first kappa shape index (κ1) is 13.4. The van der Waals surface area contributed by atoms with Crippen LogP contribution in [-0.4, -0.2) is 28.3 Å². The third-order valence-corrected chi connectivity index (χ3v) is 3.18. The number of carbonyl (C=O) groups is 2. The zero-order chi connectivity index (χ0) is 13.7. The first-order valence-corrected chi connectivity index (χ1v) is 6.67. The Labute approximate surface area is 114 Å². The van der Waals surface area contributed by atoms with Crippen molar-refractivity contribution in [1.82, 2.24) is 9.97 Å². The van der Waals surface area contributed by atoms with E-state index in [2.05, 4.69) is 9.97 Å². The number of aromatic nitrogens is 2. The zero-order valence-corrected chi connectivity index (χ0v) is 11.1. The van der Waals surface area contributed by atoms with Gasteiger partial charge in [0.1, 0.15) is 11.6 Å². The van der Waals surface area contributed by atoms with Gasteiger partial charge in [0.15, 0.2) is 0 Å². The summed E-state index contributed by atoms with van der Waals surface area (Å²) in [6, 6.07) is 1.74. The predicted octanol–water partition coefficient (Wildman–Crippen LogP) is 2.07. The maximum absolute atomic E-state index is 12.4. The Morgan fingerprint density at radius 1 is 1.42 bits per heavy atom. The highest BCUT2D eigenvalue weighted by Gasteiger charge is 2.31. The lowest BCUT2D eigenvalue weighted by Crippen LogP contribution is -2.24. The summed E-state index contributed by atoms with van der Waals surface area (Å²) in [5.74, 6) is -1.93. The summed E-state index contributed by atoms with van der Waals surface area (Å²) in [5, 5.41) is 3.57. The highest BCUT2D eigenvalue weighted by atomic mass is 32.1. The van der Waals surface area contributed by atoms with Crippen LogP contribution in [0.2, 0.25) is 0 Å². The Hall–Kier alpha value is -2.08. The molecule has 2 aromatic rings. The van der Waals surface area contributed by atoms with Gasteiger partial charge in [-0.15, -0.1) is 0 Å². The fourth-order valence-corrected chi connectivity index (χ4v) is 2.32. The summed E-state index contributed by atoms with van der Waals surface area (Å²) in [7, 11) is 0. The van der Waals surface area contributed by atoms with Gasteiger partial charge in [-0.25, -0.2) is 4.98 Å². The summed E-state index contributed by atoms with van der Waals surface area (Å²) in [6.45, 7) is 1.93. The van der Waals surface area contributed by atoms with E-state index in [1.807, 2.05) is 5.38 Å². The van der Waals surface area contributed by atoms with Crippen LogP contribution in [-0.2, 0) is 9.53 Å². The zero-order valence-electron chi connectivity index (χ0n) is 10.3. The second kappa shape index (κ2) is 6.19. The predicted molar refractivity (Wildman–Crippen MR) is 70.1 cm³/mol. The molecule has 2 aromatic heterocycles. The number of rotatable bonds is 5. The summed E-state index contributed by atoms with van der Waals surface area (Å²) in [6.07, 6.45) is 4.24. The SMILES string of the molecule is CCOC(=O)C(C(=O)c1cnccn1)c1ccsc1. The van der Waals surface area contributed by atoms with Crippen LogP contribution in [0.5, 0.6) is 0 Å². The Bertz CT molecular complexity index is 555. The topological polar surface area (TPSA) is 69.2 Å². The number of thiophene rings is 1. The highest BCUT2D eigenvalue weighted by molar-refractivity contribution is 7.08. The Balaban J connectivity index is 2.33.